The number of aromatic nitrogens is 2. The van der Waals surface area contributed by atoms with Gasteiger partial charge in [-0.2, -0.15) is 0 Å². The zero-order valence-electron chi connectivity index (χ0n) is 46.5. The second-order valence-electron chi connectivity index (χ2n) is 20.3. The molecule has 6 atom stereocenters. The van der Waals surface area contributed by atoms with Crippen LogP contribution in [0.4, 0.5) is 0 Å². The van der Waals surface area contributed by atoms with E-state index < -0.39 is 140 Å². The van der Waals surface area contributed by atoms with Gasteiger partial charge in [0.2, 0.25) is 47.8 Å². The number of carbonyl (C=O) groups is 12. The van der Waals surface area contributed by atoms with Crippen LogP contribution < -0.4 is 21.3 Å². The number of carbonyl (C=O) groups excluding carboxylic acids is 12. The van der Waals surface area contributed by atoms with Gasteiger partial charge >= 0.3 is 11.9 Å². The van der Waals surface area contributed by atoms with E-state index >= 15 is 0 Å². The Hall–Kier alpha value is -8.06. The van der Waals surface area contributed by atoms with E-state index in [-0.39, 0.29) is 36.9 Å². The Bertz CT molecular complexity index is 2480. The number of hydrogen-bond donors (Lipinski definition) is 4. The number of ether oxygens (including phenoxy) is 2. The molecule has 79 heavy (non-hydrogen) atoms. The molecule has 2 aliphatic rings. The molecule has 2 saturated heterocycles. The first-order chi connectivity index (χ1) is 37.5. The molecule has 2 aromatic heterocycles. The molecule has 2 fully saturated rings. The number of rotatable bonds is 26. The van der Waals surface area contributed by atoms with Crippen molar-refractivity contribution < 1.29 is 67.0 Å². The minimum absolute atomic E-state index is 0.0455. The van der Waals surface area contributed by atoms with Crippen molar-refractivity contribution >= 4 is 71.5 Å². The van der Waals surface area contributed by atoms with Gasteiger partial charge in [0, 0.05) is 59.7 Å². The lowest BCUT2D eigenvalue weighted by molar-refractivity contribution is -0.159. The van der Waals surface area contributed by atoms with Crippen molar-refractivity contribution in [2.75, 3.05) is 80.7 Å². The SMILES string of the molecule is CC(C)[C@@H](C(=O)OC[C@@H](NC(=O)c1ccccn1)C(=O)N1CCCC[C@H]1C(=O)NCC(=O)N(C)CC(=O)N(C)[C@H](C(=O)OC[C@@H](NC(=O)c1ccccn1)C(=O)N1CCCC[C@H]1C)C(C)C)N(C)C(=O)CN(C)C(=O)CNC=O. The molecule has 4 heterocycles. The van der Waals surface area contributed by atoms with E-state index in [0.717, 1.165) is 38.9 Å². The van der Waals surface area contributed by atoms with E-state index in [0.29, 0.717) is 25.8 Å². The molecule has 0 bridgehead atoms. The number of pyridine rings is 2. The fourth-order valence-electron chi connectivity index (χ4n) is 9.15. The summed E-state index contributed by atoms with van der Waals surface area (Å²) < 4.78 is 11.3. The van der Waals surface area contributed by atoms with Gasteiger partial charge in [-0.05, 0) is 81.5 Å². The van der Waals surface area contributed by atoms with Gasteiger partial charge in [0.1, 0.15) is 54.8 Å². The number of esters is 2. The number of amides is 10. The molecule has 0 saturated carbocycles. The first-order valence-electron chi connectivity index (χ1n) is 26.3. The van der Waals surface area contributed by atoms with Crippen molar-refractivity contribution in [1.29, 1.82) is 0 Å². The van der Waals surface area contributed by atoms with E-state index in [1.807, 2.05) is 6.92 Å². The third-order valence-corrected chi connectivity index (χ3v) is 13.7. The third-order valence-electron chi connectivity index (χ3n) is 13.7. The van der Waals surface area contributed by atoms with Gasteiger partial charge < -0.3 is 60.1 Å². The fourth-order valence-corrected chi connectivity index (χ4v) is 9.15. The van der Waals surface area contributed by atoms with Crippen LogP contribution in [0.5, 0.6) is 0 Å². The highest BCUT2D eigenvalue weighted by molar-refractivity contribution is 5.99. The normalized spacial score (nSPS) is 16.6. The number of likely N-dealkylation sites (tertiary alicyclic amines) is 2. The summed E-state index contributed by atoms with van der Waals surface area (Å²) >= 11 is 0. The maximum atomic E-state index is 14.5. The minimum Gasteiger partial charge on any atom is -0.461 e. The lowest BCUT2D eigenvalue weighted by Crippen LogP contribution is -2.59. The highest BCUT2D eigenvalue weighted by Gasteiger charge is 2.40. The van der Waals surface area contributed by atoms with Gasteiger partial charge in [-0.3, -0.25) is 57.9 Å². The number of nitrogens with one attached hydrogen (secondary N) is 4. The van der Waals surface area contributed by atoms with Crippen LogP contribution in [0, 0.1) is 11.8 Å². The summed E-state index contributed by atoms with van der Waals surface area (Å²) in [5, 5.41) is 10.00. The molecule has 0 radical (unpaired) electrons. The molecule has 10 amide bonds. The van der Waals surface area contributed by atoms with Gasteiger partial charge in [-0.25, -0.2) is 9.59 Å². The molecular weight excluding hydrogens is 1030 g/mol. The van der Waals surface area contributed by atoms with Crippen molar-refractivity contribution in [3.8, 4) is 0 Å². The monoisotopic (exact) mass is 1100 g/mol. The molecule has 2 aromatic rings. The van der Waals surface area contributed by atoms with Crippen LogP contribution in [0.25, 0.3) is 0 Å². The van der Waals surface area contributed by atoms with E-state index in [2.05, 4.69) is 31.2 Å². The lowest BCUT2D eigenvalue weighted by atomic mass is 10.00. The first-order valence-corrected chi connectivity index (χ1v) is 26.3. The summed E-state index contributed by atoms with van der Waals surface area (Å²) in [6.45, 7) is 5.89. The topological polar surface area (TPSA) is 317 Å². The standard InChI is InChI=1S/C53H76N12O14/c1-33(2)45(52(76)78-30-38(50(74)64-24-16-12-18-35(64)5)58-47(71)36-19-10-14-22-55-36)63(9)44(70)29-61(7)42(68)27-57-49(73)40-21-13-17-25-65(40)51(75)39(59-48(72)37-20-11-15-23-56-37)31-79-53(77)46(34(3)4)62(8)43(69)28-60(6)41(67)26-54-32-66/h10-11,14-15,19-20,22-23,32-35,38-40,45-46H,12-13,16-18,21,24-31H2,1-9H3,(H,54,66)(H,57,73)(H,58,71)(H,59,72)/t35-,38-,39-,40+,45+,46+/m1/s1. The van der Waals surface area contributed by atoms with Crippen molar-refractivity contribution in [1.82, 2.24) is 60.6 Å². The third kappa shape index (κ3) is 18.3. The van der Waals surface area contributed by atoms with Crippen molar-refractivity contribution in [3.05, 3.63) is 60.2 Å². The first kappa shape index (κ1) is 63.5. The Morgan fingerprint density at radius 3 is 1.49 bits per heavy atom. The van der Waals surface area contributed by atoms with Gasteiger partial charge in [-0.15, -0.1) is 0 Å². The van der Waals surface area contributed by atoms with Gasteiger partial charge in [0.15, 0.2) is 0 Å². The maximum Gasteiger partial charge on any atom is 0.329 e. The molecule has 26 heteroatoms. The molecule has 432 valence electrons. The number of likely N-dealkylation sites (N-methyl/N-ethyl adjacent to an activating group) is 4. The summed E-state index contributed by atoms with van der Waals surface area (Å²) in [4.78, 5) is 175. The molecule has 2 aliphatic heterocycles. The van der Waals surface area contributed by atoms with Crippen LogP contribution in [-0.2, 0) is 57.4 Å². The molecule has 0 aromatic carbocycles. The van der Waals surface area contributed by atoms with Crippen LogP contribution in [0.15, 0.2) is 48.8 Å². The van der Waals surface area contributed by atoms with E-state index in [1.165, 1.54) is 57.6 Å². The smallest absolute Gasteiger partial charge is 0.329 e. The van der Waals surface area contributed by atoms with Crippen molar-refractivity contribution in [3.63, 3.8) is 0 Å². The summed E-state index contributed by atoms with van der Waals surface area (Å²) in [7, 11) is 5.38. The van der Waals surface area contributed by atoms with Crippen LogP contribution in [0.1, 0.15) is 94.1 Å². The predicted molar refractivity (Wildman–Crippen MR) is 282 cm³/mol. The van der Waals surface area contributed by atoms with Crippen LogP contribution in [0.2, 0.25) is 0 Å². The van der Waals surface area contributed by atoms with Gasteiger partial charge in [0.25, 0.3) is 11.8 Å². The van der Waals surface area contributed by atoms with Crippen molar-refractivity contribution in [2.24, 2.45) is 11.8 Å². The van der Waals surface area contributed by atoms with Crippen molar-refractivity contribution in [2.45, 2.75) is 109 Å². The second kappa shape index (κ2) is 30.8. The Morgan fingerprint density at radius 1 is 0.620 bits per heavy atom. The van der Waals surface area contributed by atoms with Crippen LogP contribution >= 0.6 is 0 Å². The number of nitrogens with zero attached hydrogens (tertiary/aromatic N) is 8. The molecule has 26 nitrogen and oxygen atoms in total. The minimum atomic E-state index is -1.57. The number of hydrogen-bond acceptors (Lipinski definition) is 16. The highest BCUT2D eigenvalue weighted by atomic mass is 16.5. The Morgan fingerprint density at radius 2 is 1.06 bits per heavy atom. The zero-order chi connectivity index (χ0) is 58.5. The summed E-state index contributed by atoms with van der Waals surface area (Å²) in [6.07, 6.45) is 6.73. The summed E-state index contributed by atoms with van der Waals surface area (Å²) in [5.41, 5.74) is -0.00958. The average molecular weight is 1110 g/mol. The Labute approximate surface area is 460 Å². The molecule has 0 spiro atoms. The molecular formula is C53H76N12O14. The number of piperidine rings is 2. The quantitative estimate of drug-likeness (QED) is 0.0648. The Balaban J connectivity index is 1.41. The zero-order valence-corrected chi connectivity index (χ0v) is 46.5. The summed E-state index contributed by atoms with van der Waals surface area (Å²) in [6, 6.07) is 2.78. The van der Waals surface area contributed by atoms with E-state index in [9.17, 15) is 57.5 Å². The predicted octanol–water partition coefficient (Wildman–Crippen LogP) is -1.01. The molecule has 4 N–H and O–H groups in total. The molecule has 0 unspecified atom stereocenters. The van der Waals surface area contributed by atoms with E-state index in [1.54, 1.807) is 56.9 Å². The van der Waals surface area contributed by atoms with Gasteiger partial charge in [0.05, 0.1) is 26.2 Å². The Kier molecular flexibility index (Phi) is 24.7. The molecule has 4 rings (SSSR count). The fraction of sp³-hybridized carbons (Fsp3) is 0.585. The average Bonchev–Trinajstić information content (AvgIpc) is 3.47. The summed E-state index contributed by atoms with van der Waals surface area (Å²) in [5.74, 6) is -8.79. The molecule has 0 aliphatic carbocycles. The van der Waals surface area contributed by atoms with E-state index in [4.69, 9.17) is 9.47 Å². The maximum absolute atomic E-state index is 14.5. The largest absolute Gasteiger partial charge is 0.461 e. The lowest BCUT2D eigenvalue weighted by Gasteiger charge is -2.37. The van der Waals surface area contributed by atoms with Gasteiger partial charge in [-0.1, -0.05) is 39.8 Å². The van der Waals surface area contributed by atoms with Crippen LogP contribution in [-0.4, -0.2) is 228 Å². The van der Waals surface area contributed by atoms with Crippen LogP contribution in [0.3, 0.4) is 0 Å². The second-order valence-corrected chi connectivity index (χ2v) is 20.3. The highest BCUT2D eigenvalue weighted by Crippen LogP contribution is 2.21.